The van der Waals surface area contributed by atoms with E-state index in [0.29, 0.717) is 6.54 Å². The fourth-order valence-corrected chi connectivity index (χ4v) is 1.56. The molecule has 0 saturated carbocycles. The number of thiazole rings is 1. The summed E-state index contributed by atoms with van der Waals surface area (Å²) in [6.45, 7) is 2.56. The Balaban J connectivity index is 2.57. The molecule has 1 amide bonds. The van der Waals surface area contributed by atoms with E-state index in [1.165, 1.54) is 0 Å². The van der Waals surface area contributed by atoms with E-state index in [4.69, 9.17) is 0 Å². The molecule has 4 heteroatoms. The van der Waals surface area contributed by atoms with Crippen LogP contribution < -0.4 is 0 Å². The first kappa shape index (κ1) is 8.20. The molecule has 1 aromatic rings. The van der Waals surface area contributed by atoms with E-state index in [1.807, 2.05) is 12.3 Å². The van der Waals surface area contributed by atoms with Crippen molar-refractivity contribution in [2.45, 2.75) is 13.5 Å². The summed E-state index contributed by atoms with van der Waals surface area (Å²) in [5, 5.41) is 2.96. The monoisotopic (exact) mass is 170 g/mol. The molecule has 0 aliphatic rings. The van der Waals surface area contributed by atoms with Crippen LogP contribution in [0.5, 0.6) is 0 Å². The topological polar surface area (TPSA) is 33.2 Å². The lowest BCUT2D eigenvalue weighted by Gasteiger charge is -2.05. The van der Waals surface area contributed by atoms with Crippen molar-refractivity contribution in [3.8, 4) is 0 Å². The molecule has 0 atom stereocenters. The molecule has 0 aliphatic carbocycles. The second-order valence-electron chi connectivity index (χ2n) is 2.40. The van der Waals surface area contributed by atoms with Gasteiger partial charge in [-0.15, -0.1) is 11.3 Å². The minimum atomic E-state index is 0.613. The van der Waals surface area contributed by atoms with E-state index in [2.05, 4.69) is 4.98 Å². The second-order valence-corrected chi connectivity index (χ2v) is 3.35. The lowest BCUT2D eigenvalue weighted by Crippen LogP contribution is -2.14. The number of carbonyl (C=O) groups is 1. The van der Waals surface area contributed by atoms with Crippen molar-refractivity contribution < 1.29 is 4.79 Å². The number of hydrogen-bond donors (Lipinski definition) is 0. The van der Waals surface area contributed by atoms with Gasteiger partial charge in [0.05, 0.1) is 6.54 Å². The van der Waals surface area contributed by atoms with Crippen LogP contribution in [-0.2, 0) is 11.3 Å². The van der Waals surface area contributed by atoms with Crippen LogP contribution in [0.2, 0.25) is 0 Å². The Morgan fingerprint density at radius 1 is 1.82 bits per heavy atom. The smallest absolute Gasteiger partial charge is 0.209 e. The summed E-state index contributed by atoms with van der Waals surface area (Å²) < 4.78 is 0. The zero-order valence-electron chi connectivity index (χ0n) is 6.57. The van der Waals surface area contributed by atoms with E-state index in [0.717, 1.165) is 17.1 Å². The van der Waals surface area contributed by atoms with Crippen LogP contribution in [0.4, 0.5) is 0 Å². The molecular formula is C7H10N2OS. The van der Waals surface area contributed by atoms with Crippen molar-refractivity contribution in [2.24, 2.45) is 0 Å². The number of hydrogen-bond acceptors (Lipinski definition) is 3. The number of aromatic nitrogens is 1. The molecule has 0 aromatic carbocycles. The largest absolute Gasteiger partial charge is 0.342 e. The molecule has 1 aromatic heterocycles. The van der Waals surface area contributed by atoms with Gasteiger partial charge in [0.2, 0.25) is 6.41 Å². The number of carbonyl (C=O) groups excluding carboxylic acids is 1. The van der Waals surface area contributed by atoms with Crippen LogP contribution in [0.25, 0.3) is 0 Å². The summed E-state index contributed by atoms with van der Waals surface area (Å²) in [7, 11) is 1.74. The fourth-order valence-electron chi connectivity index (χ4n) is 0.726. The van der Waals surface area contributed by atoms with Crippen LogP contribution in [0.1, 0.15) is 10.7 Å². The lowest BCUT2D eigenvalue weighted by molar-refractivity contribution is -0.117. The average molecular weight is 170 g/mol. The van der Waals surface area contributed by atoms with E-state index in [-0.39, 0.29) is 0 Å². The number of nitrogens with zero attached hydrogens (tertiary/aromatic N) is 2. The van der Waals surface area contributed by atoms with Crippen LogP contribution in [0, 0.1) is 6.92 Å². The van der Waals surface area contributed by atoms with Gasteiger partial charge in [-0.05, 0) is 6.92 Å². The SMILES string of the molecule is Cc1csc(CN(C)C=O)n1. The van der Waals surface area contributed by atoms with Gasteiger partial charge >= 0.3 is 0 Å². The summed E-state index contributed by atoms with van der Waals surface area (Å²) in [5.41, 5.74) is 1.02. The second kappa shape index (κ2) is 3.48. The Bertz CT molecular complexity index is 246. The zero-order valence-corrected chi connectivity index (χ0v) is 7.39. The quantitative estimate of drug-likeness (QED) is 0.635. The van der Waals surface area contributed by atoms with Crippen molar-refractivity contribution in [3.05, 3.63) is 16.1 Å². The van der Waals surface area contributed by atoms with Gasteiger partial charge in [0.1, 0.15) is 5.01 Å². The third-order valence-corrected chi connectivity index (χ3v) is 2.18. The van der Waals surface area contributed by atoms with Gasteiger partial charge in [0.25, 0.3) is 0 Å². The Morgan fingerprint density at radius 2 is 2.55 bits per heavy atom. The number of rotatable bonds is 3. The van der Waals surface area contributed by atoms with E-state index in [9.17, 15) is 4.79 Å². The first-order valence-electron chi connectivity index (χ1n) is 3.29. The predicted octanol–water partition coefficient (Wildman–Crippen LogP) is 1.04. The van der Waals surface area contributed by atoms with Gasteiger partial charge in [-0.1, -0.05) is 0 Å². The maximum absolute atomic E-state index is 10.2. The molecule has 0 N–H and O–H groups in total. The molecule has 11 heavy (non-hydrogen) atoms. The molecule has 0 fully saturated rings. The van der Waals surface area contributed by atoms with Crippen molar-refractivity contribution in [2.75, 3.05) is 7.05 Å². The Morgan fingerprint density at radius 3 is 3.00 bits per heavy atom. The summed E-state index contributed by atoms with van der Waals surface area (Å²) in [5.74, 6) is 0. The van der Waals surface area contributed by atoms with Crippen LogP contribution in [0.3, 0.4) is 0 Å². The minimum Gasteiger partial charge on any atom is -0.342 e. The zero-order chi connectivity index (χ0) is 8.27. The summed E-state index contributed by atoms with van der Waals surface area (Å²) in [6, 6.07) is 0. The van der Waals surface area contributed by atoms with Gasteiger partial charge < -0.3 is 4.90 Å². The fraction of sp³-hybridized carbons (Fsp3) is 0.429. The van der Waals surface area contributed by atoms with Crippen molar-refractivity contribution in [3.63, 3.8) is 0 Å². The molecule has 0 radical (unpaired) electrons. The molecule has 1 rings (SSSR count). The first-order valence-corrected chi connectivity index (χ1v) is 4.17. The van der Waals surface area contributed by atoms with Crippen LogP contribution in [0.15, 0.2) is 5.38 Å². The lowest BCUT2D eigenvalue weighted by atomic mass is 10.5. The Kier molecular flexibility index (Phi) is 2.59. The summed E-state index contributed by atoms with van der Waals surface area (Å²) in [6.07, 6.45) is 0.802. The molecular weight excluding hydrogens is 160 g/mol. The Hall–Kier alpha value is -0.900. The molecule has 0 bridgehead atoms. The standard InChI is InChI=1S/C7H10N2OS/c1-6-4-11-7(8-6)3-9(2)5-10/h4-5H,3H2,1-2H3. The molecule has 0 saturated heterocycles. The number of aryl methyl sites for hydroxylation is 1. The first-order chi connectivity index (χ1) is 5.22. The average Bonchev–Trinajstić information content (AvgIpc) is 2.35. The third-order valence-electron chi connectivity index (χ3n) is 1.23. The highest BCUT2D eigenvalue weighted by Crippen LogP contribution is 2.09. The van der Waals surface area contributed by atoms with Gasteiger partial charge in [-0.25, -0.2) is 4.98 Å². The Labute approximate surface area is 69.7 Å². The van der Waals surface area contributed by atoms with Gasteiger partial charge in [0, 0.05) is 18.1 Å². The number of amides is 1. The summed E-state index contributed by atoms with van der Waals surface area (Å²) in [4.78, 5) is 16.0. The van der Waals surface area contributed by atoms with Gasteiger partial charge in [-0.2, -0.15) is 0 Å². The van der Waals surface area contributed by atoms with Crippen molar-refractivity contribution >= 4 is 17.7 Å². The highest BCUT2D eigenvalue weighted by molar-refractivity contribution is 7.09. The molecule has 0 spiro atoms. The molecule has 1 heterocycles. The minimum absolute atomic E-state index is 0.613. The molecule has 0 unspecified atom stereocenters. The van der Waals surface area contributed by atoms with Crippen LogP contribution in [-0.4, -0.2) is 23.3 Å². The van der Waals surface area contributed by atoms with Gasteiger partial charge in [-0.3, -0.25) is 4.79 Å². The van der Waals surface area contributed by atoms with E-state index >= 15 is 0 Å². The van der Waals surface area contributed by atoms with Crippen LogP contribution >= 0.6 is 11.3 Å². The normalized spacial score (nSPS) is 9.64. The summed E-state index contributed by atoms with van der Waals surface area (Å²) >= 11 is 1.58. The molecule has 0 aliphatic heterocycles. The van der Waals surface area contributed by atoms with E-state index in [1.54, 1.807) is 23.3 Å². The van der Waals surface area contributed by atoms with Crippen molar-refractivity contribution in [1.29, 1.82) is 0 Å². The third kappa shape index (κ3) is 2.31. The highest BCUT2D eigenvalue weighted by Gasteiger charge is 2.00. The predicted molar refractivity (Wildman–Crippen MR) is 44.4 cm³/mol. The van der Waals surface area contributed by atoms with E-state index < -0.39 is 0 Å². The molecule has 60 valence electrons. The molecule has 3 nitrogen and oxygen atoms in total. The van der Waals surface area contributed by atoms with Crippen molar-refractivity contribution in [1.82, 2.24) is 9.88 Å². The maximum Gasteiger partial charge on any atom is 0.209 e. The van der Waals surface area contributed by atoms with Gasteiger partial charge in [0.15, 0.2) is 0 Å². The highest BCUT2D eigenvalue weighted by atomic mass is 32.1. The maximum atomic E-state index is 10.2.